The second-order valence-corrected chi connectivity index (χ2v) is 4.40. The van der Waals surface area contributed by atoms with Gasteiger partial charge < -0.3 is 20.1 Å². The zero-order valence-electron chi connectivity index (χ0n) is 12.3. The Hall–Kier alpha value is -1.26. The molecular weight excluding hydrogens is 240 g/mol. The van der Waals surface area contributed by atoms with Gasteiger partial charge in [-0.25, -0.2) is 0 Å². The lowest BCUT2D eigenvalue weighted by Crippen LogP contribution is -2.23. The van der Waals surface area contributed by atoms with Crippen molar-refractivity contribution in [1.82, 2.24) is 10.6 Å². The van der Waals surface area contributed by atoms with Gasteiger partial charge in [0, 0.05) is 0 Å². The van der Waals surface area contributed by atoms with E-state index < -0.39 is 0 Å². The maximum Gasteiger partial charge on any atom is 0.160 e. The van der Waals surface area contributed by atoms with Gasteiger partial charge in [0.25, 0.3) is 0 Å². The summed E-state index contributed by atoms with van der Waals surface area (Å²) < 4.78 is 10.5. The second kappa shape index (κ2) is 9.64. The summed E-state index contributed by atoms with van der Waals surface area (Å²) in [5.41, 5.74) is 1.26. The number of benzene rings is 1. The molecule has 0 saturated heterocycles. The van der Waals surface area contributed by atoms with Crippen LogP contribution in [0.1, 0.15) is 18.9 Å². The molecule has 0 bridgehead atoms. The van der Waals surface area contributed by atoms with Crippen LogP contribution in [-0.4, -0.2) is 40.4 Å². The highest BCUT2D eigenvalue weighted by molar-refractivity contribution is 5.42. The molecule has 4 heteroatoms. The fourth-order valence-corrected chi connectivity index (χ4v) is 1.91. The van der Waals surface area contributed by atoms with E-state index in [1.165, 1.54) is 12.0 Å². The summed E-state index contributed by atoms with van der Waals surface area (Å²) in [6.07, 6.45) is 2.17. The molecule has 1 aromatic carbocycles. The van der Waals surface area contributed by atoms with Crippen LogP contribution in [0.5, 0.6) is 11.5 Å². The number of hydrogen-bond acceptors (Lipinski definition) is 4. The zero-order valence-corrected chi connectivity index (χ0v) is 12.3. The molecule has 1 aromatic rings. The first-order chi connectivity index (χ1) is 9.31. The standard InChI is InChI=1S/C15H26N2O2/c1-4-16-9-5-10-17-11-8-13-6-7-14(18-2)15(12-13)19-3/h6-7,12,16-17H,4-5,8-11H2,1-3H3. The Labute approximate surface area is 116 Å². The molecule has 2 N–H and O–H groups in total. The molecule has 4 nitrogen and oxygen atoms in total. The summed E-state index contributed by atoms with van der Waals surface area (Å²) in [4.78, 5) is 0. The average molecular weight is 266 g/mol. The minimum Gasteiger partial charge on any atom is -0.493 e. The van der Waals surface area contributed by atoms with E-state index in [1.54, 1.807) is 14.2 Å². The summed E-state index contributed by atoms with van der Waals surface area (Å²) in [6.45, 7) is 6.30. The Bertz CT molecular complexity index is 356. The Morgan fingerprint density at radius 1 is 0.947 bits per heavy atom. The minimum absolute atomic E-state index is 0.782. The van der Waals surface area contributed by atoms with Crippen molar-refractivity contribution in [3.05, 3.63) is 23.8 Å². The van der Waals surface area contributed by atoms with Gasteiger partial charge in [-0.1, -0.05) is 13.0 Å². The van der Waals surface area contributed by atoms with Gasteiger partial charge in [0.1, 0.15) is 0 Å². The van der Waals surface area contributed by atoms with Gasteiger partial charge in [-0.3, -0.25) is 0 Å². The molecule has 0 aliphatic carbocycles. The number of rotatable bonds is 10. The summed E-state index contributed by atoms with van der Waals surface area (Å²) in [6, 6.07) is 6.08. The third-order valence-corrected chi connectivity index (χ3v) is 3.00. The fraction of sp³-hybridized carbons (Fsp3) is 0.600. The topological polar surface area (TPSA) is 42.5 Å². The zero-order chi connectivity index (χ0) is 13.9. The fourth-order valence-electron chi connectivity index (χ4n) is 1.91. The van der Waals surface area contributed by atoms with Gasteiger partial charge in [-0.15, -0.1) is 0 Å². The van der Waals surface area contributed by atoms with Gasteiger partial charge in [-0.2, -0.15) is 0 Å². The quantitative estimate of drug-likeness (QED) is 0.634. The van der Waals surface area contributed by atoms with E-state index in [4.69, 9.17) is 9.47 Å². The predicted octanol–water partition coefficient (Wildman–Crippen LogP) is 1.84. The molecule has 0 unspecified atom stereocenters. The van der Waals surface area contributed by atoms with E-state index in [9.17, 15) is 0 Å². The molecule has 0 spiro atoms. The number of hydrogen-bond donors (Lipinski definition) is 2. The molecule has 0 fully saturated rings. The normalized spacial score (nSPS) is 10.5. The highest BCUT2D eigenvalue weighted by atomic mass is 16.5. The van der Waals surface area contributed by atoms with Crippen LogP contribution in [0.15, 0.2) is 18.2 Å². The molecular formula is C15H26N2O2. The smallest absolute Gasteiger partial charge is 0.160 e. The minimum atomic E-state index is 0.782. The van der Waals surface area contributed by atoms with E-state index in [0.717, 1.165) is 44.1 Å². The van der Waals surface area contributed by atoms with Gasteiger partial charge in [0.15, 0.2) is 11.5 Å². The van der Waals surface area contributed by atoms with E-state index in [1.807, 2.05) is 12.1 Å². The third-order valence-electron chi connectivity index (χ3n) is 3.00. The lowest BCUT2D eigenvalue weighted by Gasteiger charge is -2.10. The lowest BCUT2D eigenvalue weighted by molar-refractivity contribution is 0.354. The van der Waals surface area contributed by atoms with E-state index >= 15 is 0 Å². The summed E-state index contributed by atoms with van der Waals surface area (Å²) >= 11 is 0. The van der Waals surface area contributed by atoms with Crippen molar-refractivity contribution in [3.8, 4) is 11.5 Å². The van der Waals surface area contributed by atoms with Crippen LogP contribution in [0.25, 0.3) is 0 Å². The highest BCUT2D eigenvalue weighted by Gasteiger charge is 2.03. The van der Waals surface area contributed by atoms with Crippen LogP contribution >= 0.6 is 0 Å². The van der Waals surface area contributed by atoms with Crippen molar-refractivity contribution >= 4 is 0 Å². The summed E-state index contributed by atoms with van der Waals surface area (Å²) in [7, 11) is 3.32. The first-order valence-electron chi connectivity index (χ1n) is 6.94. The van der Waals surface area contributed by atoms with Gasteiger partial charge in [0.05, 0.1) is 14.2 Å². The summed E-state index contributed by atoms with van der Waals surface area (Å²) in [5, 5.41) is 6.76. The third kappa shape index (κ3) is 5.94. The van der Waals surface area contributed by atoms with Gasteiger partial charge in [-0.05, 0) is 56.7 Å². The first kappa shape index (κ1) is 15.8. The molecule has 1 rings (SSSR count). The van der Waals surface area contributed by atoms with Crippen molar-refractivity contribution in [3.63, 3.8) is 0 Å². The van der Waals surface area contributed by atoms with Gasteiger partial charge in [0.2, 0.25) is 0 Å². The first-order valence-corrected chi connectivity index (χ1v) is 6.94. The molecule has 0 radical (unpaired) electrons. The molecule has 0 saturated carbocycles. The molecule has 0 aliphatic rings. The van der Waals surface area contributed by atoms with Crippen LogP contribution in [0.2, 0.25) is 0 Å². The summed E-state index contributed by atoms with van der Waals surface area (Å²) in [5.74, 6) is 1.58. The van der Waals surface area contributed by atoms with Crippen molar-refractivity contribution < 1.29 is 9.47 Å². The van der Waals surface area contributed by atoms with E-state index in [2.05, 4.69) is 23.6 Å². The maximum absolute atomic E-state index is 5.29. The largest absolute Gasteiger partial charge is 0.493 e. The van der Waals surface area contributed by atoms with Crippen molar-refractivity contribution in [2.24, 2.45) is 0 Å². The van der Waals surface area contributed by atoms with Crippen LogP contribution in [0.4, 0.5) is 0 Å². The van der Waals surface area contributed by atoms with Crippen LogP contribution in [0, 0.1) is 0 Å². The van der Waals surface area contributed by atoms with Crippen LogP contribution < -0.4 is 20.1 Å². The Kier molecular flexibility index (Phi) is 8.02. The monoisotopic (exact) mass is 266 g/mol. The Morgan fingerprint density at radius 3 is 2.37 bits per heavy atom. The maximum atomic E-state index is 5.29. The van der Waals surface area contributed by atoms with Crippen molar-refractivity contribution in [2.75, 3.05) is 40.4 Å². The molecule has 0 aromatic heterocycles. The van der Waals surface area contributed by atoms with Crippen LogP contribution in [0.3, 0.4) is 0 Å². The number of methoxy groups -OCH3 is 2. The van der Waals surface area contributed by atoms with Crippen molar-refractivity contribution in [1.29, 1.82) is 0 Å². The lowest BCUT2D eigenvalue weighted by atomic mass is 10.1. The SMILES string of the molecule is CCNCCCNCCc1ccc(OC)c(OC)c1. The van der Waals surface area contributed by atoms with Crippen molar-refractivity contribution in [2.45, 2.75) is 19.8 Å². The molecule has 19 heavy (non-hydrogen) atoms. The number of ether oxygens (including phenoxy) is 2. The van der Waals surface area contributed by atoms with E-state index in [-0.39, 0.29) is 0 Å². The second-order valence-electron chi connectivity index (χ2n) is 4.40. The molecule has 0 atom stereocenters. The molecule has 0 heterocycles. The Balaban J connectivity index is 2.26. The molecule has 0 aliphatic heterocycles. The predicted molar refractivity (Wildman–Crippen MR) is 79.3 cm³/mol. The van der Waals surface area contributed by atoms with E-state index in [0.29, 0.717) is 0 Å². The molecule has 0 amide bonds. The average Bonchev–Trinajstić information content (AvgIpc) is 2.46. The number of nitrogens with one attached hydrogen (secondary N) is 2. The van der Waals surface area contributed by atoms with Gasteiger partial charge >= 0.3 is 0 Å². The molecule has 108 valence electrons. The Morgan fingerprint density at radius 2 is 1.68 bits per heavy atom. The highest BCUT2D eigenvalue weighted by Crippen LogP contribution is 2.27. The van der Waals surface area contributed by atoms with Crippen LogP contribution in [-0.2, 0) is 6.42 Å².